The highest BCUT2D eigenvalue weighted by Gasteiger charge is 2.30. The molecule has 0 amide bonds. The molecule has 0 radical (unpaired) electrons. The molecule has 0 aliphatic carbocycles. The standard InChI is InChI=1S/C15H16F3N3/c16-15(17,18)13-3-1-11(2-4-13)9-21-10-20-8-14(21)12-5-6-19-7-12/h1-4,8,10,12,19H,5-7,9H2. The van der Waals surface area contributed by atoms with Crippen LogP contribution in [0.5, 0.6) is 0 Å². The van der Waals surface area contributed by atoms with E-state index in [1.165, 1.54) is 12.1 Å². The van der Waals surface area contributed by atoms with Crippen molar-refractivity contribution in [2.75, 3.05) is 13.1 Å². The van der Waals surface area contributed by atoms with Crippen molar-refractivity contribution in [2.24, 2.45) is 0 Å². The molecular formula is C15H16F3N3. The summed E-state index contributed by atoms with van der Waals surface area (Å²) in [6, 6.07) is 5.31. The lowest BCUT2D eigenvalue weighted by Crippen LogP contribution is -2.12. The van der Waals surface area contributed by atoms with Gasteiger partial charge in [0.2, 0.25) is 0 Å². The summed E-state index contributed by atoms with van der Waals surface area (Å²) in [5, 5.41) is 3.31. The predicted molar refractivity (Wildman–Crippen MR) is 73.0 cm³/mol. The fourth-order valence-corrected chi connectivity index (χ4v) is 2.71. The highest BCUT2D eigenvalue weighted by Crippen LogP contribution is 2.29. The molecule has 112 valence electrons. The van der Waals surface area contributed by atoms with Gasteiger partial charge in [0.15, 0.2) is 0 Å². The molecule has 2 heterocycles. The van der Waals surface area contributed by atoms with E-state index >= 15 is 0 Å². The van der Waals surface area contributed by atoms with Gasteiger partial charge in [-0.25, -0.2) is 4.98 Å². The van der Waals surface area contributed by atoms with Gasteiger partial charge in [0.05, 0.1) is 11.9 Å². The molecule has 1 aliphatic heterocycles. The van der Waals surface area contributed by atoms with E-state index in [0.29, 0.717) is 12.5 Å². The molecule has 0 saturated carbocycles. The Morgan fingerprint density at radius 3 is 2.62 bits per heavy atom. The van der Waals surface area contributed by atoms with Crippen molar-refractivity contribution in [1.29, 1.82) is 0 Å². The van der Waals surface area contributed by atoms with Crippen LogP contribution in [-0.2, 0) is 12.7 Å². The third kappa shape index (κ3) is 3.10. The topological polar surface area (TPSA) is 29.9 Å². The van der Waals surface area contributed by atoms with Crippen LogP contribution in [0.25, 0.3) is 0 Å². The Morgan fingerprint density at radius 1 is 1.24 bits per heavy atom. The number of imidazole rings is 1. The summed E-state index contributed by atoms with van der Waals surface area (Å²) in [5.74, 6) is 0.432. The van der Waals surface area contributed by atoms with Crippen molar-refractivity contribution in [3.05, 3.63) is 53.6 Å². The van der Waals surface area contributed by atoms with Crippen LogP contribution in [0.15, 0.2) is 36.8 Å². The Balaban J connectivity index is 1.76. The van der Waals surface area contributed by atoms with Crippen LogP contribution in [0, 0.1) is 0 Å². The minimum absolute atomic E-state index is 0.432. The van der Waals surface area contributed by atoms with E-state index in [9.17, 15) is 13.2 Å². The van der Waals surface area contributed by atoms with Gasteiger partial charge >= 0.3 is 6.18 Å². The van der Waals surface area contributed by atoms with Gasteiger partial charge < -0.3 is 9.88 Å². The molecule has 0 bridgehead atoms. The third-order valence-electron chi connectivity index (χ3n) is 3.86. The van der Waals surface area contributed by atoms with Crippen molar-refractivity contribution < 1.29 is 13.2 Å². The number of aromatic nitrogens is 2. The first-order chi connectivity index (χ1) is 10.0. The minimum Gasteiger partial charge on any atom is -0.330 e. The molecule has 21 heavy (non-hydrogen) atoms. The zero-order valence-electron chi connectivity index (χ0n) is 11.4. The Labute approximate surface area is 120 Å². The summed E-state index contributed by atoms with van der Waals surface area (Å²) in [6.45, 7) is 2.47. The molecule has 1 unspecified atom stereocenters. The van der Waals surface area contributed by atoms with Gasteiger partial charge in [-0.15, -0.1) is 0 Å². The maximum atomic E-state index is 12.5. The highest BCUT2D eigenvalue weighted by molar-refractivity contribution is 5.25. The number of alkyl halides is 3. The van der Waals surface area contributed by atoms with Crippen LogP contribution in [0.3, 0.4) is 0 Å². The summed E-state index contributed by atoms with van der Waals surface area (Å²) in [6.07, 6.45) is 0.375. The average molecular weight is 295 g/mol. The molecule has 1 saturated heterocycles. The molecule has 2 aromatic rings. The van der Waals surface area contributed by atoms with E-state index in [1.807, 2.05) is 10.8 Å². The van der Waals surface area contributed by atoms with Gasteiger partial charge in [-0.05, 0) is 30.7 Å². The van der Waals surface area contributed by atoms with Crippen LogP contribution in [0.4, 0.5) is 13.2 Å². The monoisotopic (exact) mass is 295 g/mol. The molecule has 1 aliphatic rings. The smallest absolute Gasteiger partial charge is 0.330 e. The molecule has 3 rings (SSSR count). The van der Waals surface area contributed by atoms with Gasteiger partial charge in [-0.2, -0.15) is 13.2 Å². The first-order valence-corrected chi connectivity index (χ1v) is 6.91. The Hall–Kier alpha value is -1.82. The van der Waals surface area contributed by atoms with Crippen LogP contribution in [-0.4, -0.2) is 22.6 Å². The number of nitrogens with zero attached hydrogens (tertiary/aromatic N) is 2. The zero-order chi connectivity index (χ0) is 14.9. The van der Waals surface area contributed by atoms with Gasteiger partial charge in [-0.3, -0.25) is 0 Å². The van der Waals surface area contributed by atoms with Gasteiger partial charge in [0.1, 0.15) is 0 Å². The van der Waals surface area contributed by atoms with Crippen LogP contribution < -0.4 is 5.32 Å². The molecule has 1 atom stereocenters. The van der Waals surface area contributed by atoms with Gasteiger partial charge in [-0.1, -0.05) is 12.1 Å². The number of hydrogen-bond donors (Lipinski definition) is 1. The lowest BCUT2D eigenvalue weighted by atomic mass is 10.1. The van der Waals surface area contributed by atoms with Gasteiger partial charge in [0, 0.05) is 30.9 Å². The van der Waals surface area contributed by atoms with Crippen molar-refractivity contribution in [2.45, 2.75) is 25.1 Å². The van der Waals surface area contributed by atoms with Crippen molar-refractivity contribution in [1.82, 2.24) is 14.9 Å². The number of benzene rings is 1. The van der Waals surface area contributed by atoms with Crippen LogP contribution in [0.2, 0.25) is 0 Å². The summed E-state index contributed by atoms with van der Waals surface area (Å²) in [7, 11) is 0. The lowest BCUT2D eigenvalue weighted by Gasteiger charge is -2.13. The fraction of sp³-hybridized carbons (Fsp3) is 0.400. The maximum absolute atomic E-state index is 12.5. The number of halogens is 3. The molecule has 1 N–H and O–H groups in total. The lowest BCUT2D eigenvalue weighted by molar-refractivity contribution is -0.137. The number of hydrogen-bond acceptors (Lipinski definition) is 2. The molecule has 3 nitrogen and oxygen atoms in total. The van der Waals surface area contributed by atoms with E-state index in [2.05, 4.69) is 10.3 Å². The second-order valence-corrected chi connectivity index (χ2v) is 5.33. The SMILES string of the molecule is FC(F)(F)c1ccc(Cn2cncc2C2CCNC2)cc1. The third-order valence-corrected chi connectivity index (χ3v) is 3.86. The Kier molecular flexibility index (Phi) is 3.71. The average Bonchev–Trinajstić information content (AvgIpc) is 3.08. The molecule has 1 aromatic heterocycles. The first kappa shape index (κ1) is 14.1. The largest absolute Gasteiger partial charge is 0.416 e. The predicted octanol–water partition coefficient (Wildman–Crippen LogP) is 3.03. The molecular weight excluding hydrogens is 279 g/mol. The van der Waals surface area contributed by atoms with Crippen molar-refractivity contribution in [3.63, 3.8) is 0 Å². The van der Waals surface area contributed by atoms with Crippen LogP contribution >= 0.6 is 0 Å². The van der Waals surface area contributed by atoms with E-state index in [4.69, 9.17) is 0 Å². The molecule has 1 fully saturated rings. The maximum Gasteiger partial charge on any atom is 0.416 e. The van der Waals surface area contributed by atoms with E-state index in [-0.39, 0.29) is 0 Å². The molecule has 1 aromatic carbocycles. The number of rotatable bonds is 3. The second kappa shape index (κ2) is 5.52. The summed E-state index contributed by atoms with van der Waals surface area (Å²) < 4.78 is 39.6. The number of nitrogens with one attached hydrogen (secondary N) is 1. The quantitative estimate of drug-likeness (QED) is 0.943. The molecule has 0 spiro atoms. The van der Waals surface area contributed by atoms with E-state index in [1.54, 1.807) is 6.33 Å². The van der Waals surface area contributed by atoms with Crippen molar-refractivity contribution in [3.8, 4) is 0 Å². The fourth-order valence-electron chi connectivity index (χ4n) is 2.71. The first-order valence-electron chi connectivity index (χ1n) is 6.91. The minimum atomic E-state index is -4.28. The highest BCUT2D eigenvalue weighted by atomic mass is 19.4. The summed E-state index contributed by atoms with van der Waals surface area (Å²) in [5.41, 5.74) is 1.37. The normalized spacial score (nSPS) is 19.1. The van der Waals surface area contributed by atoms with E-state index < -0.39 is 11.7 Å². The van der Waals surface area contributed by atoms with Crippen LogP contribution in [0.1, 0.15) is 29.2 Å². The Bertz CT molecular complexity index is 595. The Morgan fingerprint density at radius 2 is 2.00 bits per heavy atom. The summed E-state index contributed by atoms with van der Waals surface area (Å²) >= 11 is 0. The van der Waals surface area contributed by atoms with Crippen molar-refractivity contribution >= 4 is 0 Å². The zero-order valence-corrected chi connectivity index (χ0v) is 11.4. The summed E-state index contributed by atoms with van der Waals surface area (Å²) in [4.78, 5) is 4.17. The van der Waals surface area contributed by atoms with E-state index in [0.717, 1.165) is 42.9 Å². The molecule has 6 heteroatoms. The second-order valence-electron chi connectivity index (χ2n) is 5.33. The van der Waals surface area contributed by atoms with Gasteiger partial charge in [0.25, 0.3) is 0 Å².